The molecule has 0 atom stereocenters. The van der Waals surface area contributed by atoms with Gasteiger partial charge in [-0.3, -0.25) is 39.0 Å². The second-order valence-electron chi connectivity index (χ2n) is 7.16. The molecule has 2 aromatic rings. The molecule has 1 aromatic carbocycles. The number of nitro benzene ring substituents is 1. The summed E-state index contributed by atoms with van der Waals surface area (Å²) in [5.74, 6) is -2.33. The van der Waals surface area contributed by atoms with Crippen molar-refractivity contribution in [1.82, 2.24) is 24.9 Å². The summed E-state index contributed by atoms with van der Waals surface area (Å²) in [5, 5.41) is 16.8. The number of benzene rings is 1. The highest BCUT2D eigenvalue weighted by molar-refractivity contribution is 6.22. The van der Waals surface area contributed by atoms with Crippen molar-refractivity contribution >= 4 is 29.3 Å². The van der Waals surface area contributed by atoms with Gasteiger partial charge in [0.2, 0.25) is 5.91 Å². The number of fused-ring (bicyclic) bond motifs is 1. The van der Waals surface area contributed by atoms with Gasteiger partial charge in [0.15, 0.2) is 0 Å². The van der Waals surface area contributed by atoms with E-state index < -0.39 is 40.7 Å². The van der Waals surface area contributed by atoms with Crippen molar-refractivity contribution in [3.05, 3.63) is 67.6 Å². The first-order chi connectivity index (χ1) is 15.3. The number of non-ortho nitro benzene ring substituents is 1. The maximum absolute atomic E-state index is 12.7. The molecule has 1 saturated heterocycles. The monoisotopic (exact) mass is 440 g/mol. The van der Waals surface area contributed by atoms with Crippen LogP contribution in [0.5, 0.6) is 0 Å². The van der Waals surface area contributed by atoms with Crippen LogP contribution in [-0.2, 0) is 4.79 Å². The molecular formula is C19H16N6O7. The quantitative estimate of drug-likeness (QED) is 0.368. The van der Waals surface area contributed by atoms with Gasteiger partial charge in [-0.1, -0.05) is 0 Å². The second-order valence-corrected chi connectivity index (χ2v) is 7.16. The van der Waals surface area contributed by atoms with Crippen molar-refractivity contribution in [2.75, 3.05) is 32.7 Å². The Morgan fingerprint density at radius 1 is 0.969 bits per heavy atom. The molecule has 4 rings (SSSR count). The van der Waals surface area contributed by atoms with E-state index in [0.717, 1.165) is 17.0 Å². The van der Waals surface area contributed by atoms with E-state index in [0.29, 0.717) is 0 Å². The first-order valence-corrected chi connectivity index (χ1v) is 9.53. The fraction of sp³-hybridized carbons (Fsp3) is 0.263. The SMILES string of the molecule is O=C(CN1C(=O)c2ccc([N+](=O)[O-])cc2C1=O)N1CCN(C(=O)c2ccc(=O)[nH]n2)CC1. The topological polar surface area (TPSA) is 167 Å². The summed E-state index contributed by atoms with van der Waals surface area (Å²) >= 11 is 0. The van der Waals surface area contributed by atoms with Crippen LogP contribution >= 0.6 is 0 Å². The lowest BCUT2D eigenvalue weighted by atomic mass is 10.1. The Morgan fingerprint density at radius 2 is 1.62 bits per heavy atom. The van der Waals surface area contributed by atoms with Crippen LogP contribution in [-0.4, -0.2) is 86.2 Å². The van der Waals surface area contributed by atoms with Gasteiger partial charge in [0.1, 0.15) is 12.2 Å². The van der Waals surface area contributed by atoms with E-state index in [-0.39, 0.29) is 48.7 Å². The van der Waals surface area contributed by atoms with Crippen LogP contribution in [0, 0.1) is 10.1 Å². The minimum absolute atomic E-state index is 0.0113. The minimum Gasteiger partial charge on any atom is -0.338 e. The molecule has 0 saturated carbocycles. The molecule has 13 heteroatoms. The average molecular weight is 440 g/mol. The number of rotatable bonds is 4. The van der Waals surface area contributed by atoms with Gasteiger partial charge in [0.25, 0.3) is 29.0 Å². The van der Waals surface area contributed by atoms with Crippen LogP contribution in [0.2, 0.25) is 0 Å². The van der Waals surface area contributed by atoms with Crippen LogP contribution in [0.15, 0.2) is 35.1 Å². The molecule has 32 heavy (non-hydrogen) atoms. The number of nitro groups is 1. The number of imide groups is 1. The van der Waals surface area contributed by atoms with Crippen molar-refractivity contribution in [2.45, 2.75) is 0 Å². The van der Waals surface area contributed by atoms with Crippen molar-refractivity contribution in [3.63, 3.8) is 0 Å². The third kappa shape index (κ3) is 3.71. The largest absolute Gasteiger partial charge is 0.338 e. The van der Waals surface area contributed by atoms with E-state index in [4.69, 9.17) is 0 Å². The van der Waals surface area contributed by atoms with Crippen LogP contribution in [0.3, 0.4) is 0 Å². The van der Waals surface area contributed by atoms with E-state index in [9.17, 15) is 34.1 Å². The van der Waals surface area contributed by atoms with E-state index in [1.165, 1.54) is 28.0 Å². The number of carbonyl (C=O) groups is 4. The summed E-state index contributed by atoms with van der Waals surface area (Å²) in [5.41, 5.74) is -0.780. The first-order valence-electron chi connectivity index (χ1n) is 9.53. The van der Waals surface area contributed by atoms with Crippen molar-refractivity contribution in [3.8, 4) is 0 Å². The maximum Gasteiger partial charge on any atom is 0.274 e. The van der Waals surface area contributed by atoms with E-state index in [1.807, 2.05) is 0 Å². The number of hydrogen-bond acceptors (Lipinski definition) is 8. The van der Waals surface area contributed by atoms with Crippen molar-refractivity contribution < 1.29 is 24.1 Å². The number of piperazine rings is 1. The highest BCUT2D eigenvalue weighted by Gasteiger charge is 2.39. The average Bonchev–Trinajstić information content (AvgIpc) is 3.03. The molecule has 0 radical (unpaired) electrons. The Hall–Kier alpha value is -4.42. The molecule has 13 nitrogen and oxygen atoms in total. The Bertz CT molecular complexity index is 1190. The van der Waals surface area contributed by atoms with E-state index in [2.05, 4.69) is 10.2 Å². The molecule has 0 unspecified atom stereocenters. The van der Waals surface area contributed by atoms with Crippen LogP contribution < -0.4 is 5.56 Å². The van der Waals surface area contributed by atoms with E-state index in [1.54, 1.807) is 0 Å². The zero-order chi connectivity index (χ0) is 23.0. The van der Waals surface area contributed by atoms with Crippen molar-refractivity contribution in [2.24, 2.45) is 0 Å². The lowest BCUT2D eigenvalue weighted by molar-refractivity contribution is -0.384. The lowest BCUT2D eigenvalue weighted by Crippen LogP contribution is -2.53. The van der Waals surface area contributed by atoms with Gasteiger partial charge in [0.05, 0.1) is 16.1 Å². The molecule has 3 heterocycles. The summed E-state index contributed by atoms with van der Waals surface area (Å²) in [6, 6.07) is 5.85. The van der Waals surface area contributed by atoms with Gasteiger partial charge in [-0.25, -0.2) is 5.10 Å². The maximum atomic E-state index is 12.7. The Balaban J connectivity index is 1.38. The standard InChI is InChI=1S/C19H16N6O7/c26-15-4-3-14(20-21-15)19(30)23-7-5-22(6-8-23)16(27)10-24-17(28)12-2-1-11(25(31)32)9-13(12)18(24)29/h1-4,9H,5-8,10H2,(H,21,26). The lowest BCUT2D eigenvalue weighted by Gasteiger charge is -2.35. The molecule has 2 aliphatic rings. The predicted molar refractivity (Wildman–Crippen MR) is 106 cm³/mol. The number of nitrogens with zero attached hydrogens (tertiary/aromatic N) is 5. The Kier molecular flexibility index (Phi) is 5.22. The summed E-state index contributed by atoms with van der Waals surface area (Å²) in [7, 11) is 0. The molecule has 1 aromatic heterocycles. The Labute approximate surface area is 179 Å². The van der Waals surface area contributed by atoms with Gasteiger partial charge in [-0.05, 0) is 12.1 Å². The van der Waals surface area contributed by atoms with Gasteiger partial charge >= 0.3 is 0 Å². The minimum atomic E-state index is -0.764. The molecule has 0 spiro atoms. The number of hydrogen-bond donors (Lipinski definition) is 1. The fourth-order valence-corrected chi connectivity index (χ4v) is 3.56. The summed E-state index contributed by atoms with van der Waals surface area (Å²) in [6.45, 7) is 0.278. The van der Waals surface area contributed by atoms with Crippen molar-refractivity contribution in [1.29, 1.82) is 0 Å². The highest BCUT2D eigenvalue weighted by Crippen LogP contribution is 2.26. The second kappa shape index (κ2) is 8.02. The van der Waals surface area contributed by atoms with Gasteiger partial charge in [-0.2, -0.15) is 5.10 Å². The zero-order valence-corrected chi connectivity index (χ0v) is 16.5. The number of aromatic nitrogens is 2. The Morgan fingerprint density at radius 3 is 2.25 bits per heavy atom. The molecule has 164 valence electrons. The smallest absolute Gasteiger partial charge is 0.274 e. The molecule has 2 aliphatic heterocycles. The number of amides is 4. The van der Waals surface area contributed by atoms with Crippen LogP contribution in [0.25, 0.3) is 0 Å². The van der Waals surface area contributed by atoms with E-state index >= 15 is 0 Å². The molecular weight excluding hydrogens is 424 g/mol. The number of H-pyrrole nitrogens is 1. The third-order valence-electron chi connectivity index (χ3n) is 5.28. The molecule has 0 aliphatic carbocycles. The first kappa shape index (κ1) is 20.8. The normalized spacial score (nSPS) is 15.7. The highest BCUT2D eigenvalue weighted by atomic mass is 16.6. The van der Waals surface area contributed by atoms with Crippen LogP contribution in [0.1, 0.15) is 31.2 Å². The van der Waals surface area contributed by atoms with Gasteiger partial charge < -0.3 is 9.80 Å². The zero-order valence-electron chi connectivity index (χ0n) is 16.5. The number of carbonyl (C=O) groups excluding carboxylic acids is 4. The van der Waals surface area contributed by atoms with Gasteiger partial charge in [0, 0.05) is 44.4 Å². The van der Waals surface area contributed by atoms with Crippen LogP contribution in [0.4, 0.5) is 5.69 Å². The molecule has 0 bridgehead atoms. The molecule has 1 fully saturated rings. The number of nitrogens with one attached hydrogen (secondary N) is 1. The fourth-order valence-electron chi connectivity index (χ4n) is 3.56. The summed E-state index contributed by atoms with van der Waals surface area (Å²) in [6.07, 6.45) is 0. The summed E-state index contributed by atoms with van der Waals surface area (Å²) in [4.78, 5) is 75.2. The predicted octanol–water partition coefficient (Wildman–Crippen LogP) is -0.741. The summed E-state index contributed by atoms with van der Waals surface area (Å²) < 4.78 is 0. The molecule has 4 amide bonds. The third-order valence-corrected chi connectivity index (χ3v) is 5.28. The van der Waals surface area contributed by atoms with Gasteiger partial charge in [-0.15, -0.1) is 0 Å². The number of aromatic amines is 1. The molecule has 1 N–H and O–H groups in total.